The molecule has 8 heteroatoms. The van der Waals surface area contributed by atoms with E-state index in [1.807, 2.05) is 0 Å². The first-order valence-electron chi connectivity index (χ1n) is 8.93. The molecule has 2 aliphatic rings. The molecule has 0 saturated carbocycles. The number of hydrogen-bond donors (Lipinski definition) is 0. The molecule has 3 aromatic carbocycles. The van der Waals surface area contributed by atoms with E-state index in [1.54, 1.807) is 0 Å². The van der Waals surface area contributed by atoms with Crippen molar-refractivity contribution in [1.29, 1.82) is 0 Å². The fourth-order valence-electron chi connectivity index (χ4n) is 3.18. The molecule has 0 aromatic heterocycles. The van der Waals surface area contributed by atoms with Crippen LogP contribution >= 0.6 is 53.7 Å². The Morgan fingerprint density at radius 3 is 1.11 bits per heavy atom. The van der Waals surface area contributed by atoms with E-state index in [-0.39, 0.29) is 0 Å². The van der Waals surface area contributed by atoms with Gasteiger partial charge in [0.25, 0.3) is 0 Å². The van der Waals surface area contributed by atoms with Crippen molar-refractivity contribution in [1.82, 2.24) is 0 Å². The number of hydrogen-bond acceptors (Lipinski definition) is 6. The summed E-state index contributed by atoms with van der Waals surface area (Å²) in [6.07, 6.45) is 0. The number of fused-ring (bicyclic) bond motifs is 2. The van der Waals surface area contributed by atoms with Gasteiger partial charge in [-0.3, -0.25) is 0 Å². The van der Waals surface area contributed by atoms with Crippen LogP contribution in [0.25, 0.3) is 0 Å². The van der Waals surface area contributed by atoms with Gasteiger partial charge < -0.3 is 0 Å². The zero-order chi connectivity index (χ0) is 19.2. The van der Waals surface area contributed by atoms with Gasteiger partial charge in [0, 0.05) is 0 Å². The molecule has 0 amide bonds. The first kappa shape index (κ1) is 21.2. The molecule has 142 valence electrons. The fraction of sp³-hybridized carbons (Fsp3) is 0.100. The molecule has 0 radical (unpaired) electrons. The van der Waals surface area contributed by atoms with Crippen molar-refractivity contribution in [2.45, 2.75) is 39.3 Å². The monoisotopic (exact) mass is 690 g/mol. The summed E-state index contributed by atoms with van der Waals surface area (Å²) in [7, 11) is 13.3. The summed E-state index contributed by atoms with van der Waals surface area (Å²) in [6, 6.07) is 27.1. The zero-order valence-corrected chi connectivity index (χ0v) is 26.0. The number of benzene rings is 3. The minimum atomic E-state index is -2.41. The second-order valence-electron chi connectivity index (χ2n) is 6.68. The van der Waals surface area contributed by atoms with Crippen LogP contribution in [0.3, 0.4) is 0 Å². The molecule has 0 unspecified atom stereocenters. The summed E-state index contributed by atoms with van der Waals surface area (Å²) in [5, 5.41) is 0. The van der Waals surface area contributed by atoms with Gasteiger partial charge in [0.15, 0.2) is 0 Å². The molecule has 0 aliphatic carbocycles. The van der Waals surface area contributed by atoms with Gasteiger partial charge in [-0.15, -0.1) is 0 Å². The Balaban J connectivity index is 1.37. The third-order valence-corrected chi connectivity index (χ3v) is 60.9. The molecule has 0 N–H and O–H groups in total. The maximum atomic E-state index is 2.58. The molecule has 0 fully saturated rings. The van der Waals surface area contributed by atoms with E-state index in [2.05, 4.69) is 136 Å². The van der Waals surface area contributed by atoms with Crippen LogP contribution in [-0.4, -0.2) is 28.5 Å². The molecular formula is C20H18S6Sn2. The van der Waals surface area contributed by atoms with Crippen molar-refractivity contribution in [2.24, 2.45) is 0 Å². The van der Waals surface area contributed by atoms with Gasteiger partial charge in [-0.1, -0.05) is 0 Å². The molecule has 0 saturated heterocycles. The average Bonchev–Trinajstić information content (AvgIpc) is 3.18. The van der Waals surface area contributed by atoms with Crippen molar-refractivity contribution >= 4 is 82.1 Å². The Kier molecular flexibility index (Phi) is 6.60. The van der Waals surface area contributed by atoms with E-state index >= 15 is 0 Å². The summed E-state index contributed by atoms with van der Waals surface area (Å²) >= 11 is -4.81. The third kappa shape index (κ3) is 4.59. The first-order valence-corrected chi connectivity index (χ1v) is 40.5. The normalized spacial score (nSPS) is 18.6. The molecule has 0 spiro atoms. The van der Waals surface area contributed by atoms with Gasteiger partial charge in [0.05, 0.1) is 0 Å². The molecule has 0 atom stereocenters. The maximum absolute atomic E-state index is 2.58. The van der Waals surface area contributed by atoms with E-state index < -0.39 is 28.5 Å². The summed E-state index contributed by atoms with van der Waals surface area (Å²) in [4.78, 5) is 14.2. The van der Waals surface area contributed by atoms with Crippen LogP contribution in [0.5, 0.6) is 0 Å². The minimum absolute atomic E-state index is 1.51. The Morgan fingerprint density at radius 2 is 0.786 bits per heavy atom. The number of rotatable bonds is 4. The molecule has 28 heavy (non-hydrogen) atoms. The first-order chi connectivity index (χ1) is 13.5. The second kappa shape index (κ2) is 8.71. The topological polar surface area (TPSA) is 0 Å². The van der Waals surface area contributed by atoms with Gasteiger partial charge in [0.1, 0.15) is 0 Å². The van der Waals surface area contributed by atoms with Crippen LogP contribution < -0.4 is 0 Å². The Morgan fingerprint density at radius 1 is 0.500 bits per heavy atom. The van der Waals surface area contributed by atoms with Gasteiger partial charge in [0.2, 0.25) is 0 Å². The standard InChI is InChI=1S/3C6H6S2.2CH3.2Sn/c3*7-5-3-1-2-4-6(5)8;;;;/h3*1-4,7-8H;2*1H3;;/q;;;;;2*+3/p-6. The van der Waals surface area contributed by atoms with Crippen molar-refractivity contribution < 1.29 is 0 Å². The Labute approximate surface area is 191 Å². The van der Waals surface area contributed by atoms with Crippen molar-refractivity contribution in [3.63, 3.8) is 0 Å². The van der Waals surface area contributed by atoms with Crippen LogP contribution in [0.1, 0.15) is 0 Å². The van der Waals surface area contributed by atoms with Crippen LogP contribution in [0.15, 0.2) is 102 Å². The van der Waals surface area contributed by atoms with E-state index in [9.17, 15) is 0 Å². The van der Waals surface area contributed by atoms with E-state index in [0.717, 1.165) is 0 Å². The quantitative estimate of drug-likeness (QED) is 0.250. The van der Waals surface area contributed by atoms with Gasteiger partial charge in [-0.05, 0) is 0 Å². The molecule has 2 heterocycles. The summed E-state index contributed by atoms with van der Waals surface area (Å²) in [6.45, 7) is 0. The van der Waals surface area contributed by atoms with Crippen molar-refractivity contribution in [2.75, 3.05) is 0 Å². The molecule has 5 rings (SSSR count). The van der Waals surface area contributed by atoms with Gasteiger partial charge in [-0.25, -0.2) is 0 Å². The van der Waals surface area contributed by atoms with Gasteiger partial charge >= 0.3 is 194 Å². The fourth-order valence-corrected chi connectivity index (χ4v) is 70.8. The van der Waals surface area contributed by atoms with E-state index in [1.165, 1.54) is 29.4 Å². The summed E-state index contributed by atoms with van der Waals surface area (Å²) < 4.78 is 0. The van der Waals surface area contributed by atoms with Crippen LogP contribution in [0.4, 0.5) is 0 Å². The van der Waals surface area contributed by atoms with Crippen molar-refractivity contribution in [3.8, 4) is 0 Å². The molecular weight excluding hydrogens is 670 g/mol. The van der Waals surface area contributed by atoms with Crippen LogP contribution in [0, 0.1) is 0 Å². The SMILES string of the molecule is [CH3][Sn]1([S]c2ccccc2[S][Sn]2([CH3])[S]c3ccccc3[S]2)[S]c2ccccc2[S]1. The molecule has 2 aliphatic heterocycles. The molecule has 0 nitrogen and oxygen atoms in total. The van der Waals surface area contributed by atoms with E-state index in [4.69, 9.17) is 0 Å². The molecule has 0 bridgehead atoms. The molecule has 3 aromatic rings. The van der Waals surface area contributed by atoms with Crippen LogP contribution in [0.2, 0.25) is 9.88 Å². The van der Waals surface area contributed by atoms with Gasteiger partial charge in [-0.2, -0.15) is 0 Å². The Hall–Kier alpha value is 1.36. The summed E-state index contributed by atoms with van der Waals surface area (Å²) in [5.74, 6) is 0. The summed E-state index contributed by atoms with van der Waals surface area (Å²) in [5.41, 5.74) is 0. The second-order valence-corrected chi connectivity index (χ2v) is 74.1. The predicted molar refractivity (Wildman–Crippen MR) is 138 cm³/mol. The third-order valence-electron chi connectivity index (χ3n) is 4.32. The zero-order valence-electron chi connectivity index (χ0n) is 15.4. The Bertz CT molecular complexity index is 908. The average molecular weight is 688 g/mol. The van der Waals surface area contributed by atoms with Crippen molar-refractivity contribution in [3.05, 3.63) is 72.8 Å². The van der Waals surface area contributed by atoms with Crippen LogP contribution in [-0.2, 0) is 0 Å². The predicted octanol–water partition coefficient (Wildman–Crippen LogP) is 8.80. The van der Waals surface area contributed by atoms with E-state index in [0.29, 0.717) is 0 Å².